The van der Waals surface area contributed by atoms with Gasteiger partial charge in [0.15, 0.2) is 0 Å². The number of benzene rings is 2. The van der Waals surface area contributed by atoms with E-state index in [4.69, 9.17) is 16.7 Å². The summed E-state index contributed by atoms with van der Waals surface area (Å²) in [6.07, 6.45) is 0.0494. The van der Waals surface area contributed by atoms with Gasteiger partial charge in [0.25, 0.3) is 11.7 Å². The number of carbonyl (C=O) groups excluding carboxylic acids is 2. The minimum absolute atomic E-state index is 0.0324. The van der Waals surface area contributed by atoms with Crippen molar-refractivity contribution in [2.75, 3.05) is 6.54 Å². The van der Waals surface area contributed by atoms with Crippen molar-refractivity contribution in [3.05, 3.63) is 74.7 Å². The monoisotopic (exact) mass is 477 g/mol. The van der Waals surface area contributed by atoms with E-state index < -0.39 is 23.7 Å². The van der Waals surface area contributed by atoms with Crippen LogP contribution < -0.4 is 0 Å². The quantitative estimate of drug-likeness (QED) is 0.365. The molecule has 29 heavy (non-hydrogen) atoms. The fourth-order valence-electron chi connectivity index (χ4n) is 3.27. The molecule has 0 bridgehead atoms. The van der Waals surface area contributed by atoms with Crippen LogP contribution in [-0.2, 0) is 14.4 Å². The van der Waals surface area contributed by atoms with Crippen molar-refractivity contribution in [2.24, 2.45) is 0 Å². The first-order valence-corrected chi connectivity index (χ1v) is 9.98. The van der Waals surface area contributed by atoms with E-state index in [2.05, 4.69) is 15.9 Å². The fourth-order valence-corrected chi connectivity index (χ4v) is 3.66. The van der Waals surface area contributed by atoms with Crippen molar-refractivity contribution in [1.82, 2.24) is 4.90 Å². The number of amides is 1. The van der Waals surface area contributed by atoms with Crippen molar-refractivity contribution in [2.45, 2.75) is 18.9 Å². The van der Waals surface area contributed by atoms with Gasteiger partial charge in [-0.05, 0) is 36.2 Å². The second-order valence-electron chi connectivity index (χ2n) is 6.55. The smallest absolute Gasteiger partial charge is 0.303 e. The van der Waals surface area contributed by atoms with Crippen LogP contribution in [0.5, 0.6) is 0 Å². The zero-order valence-electron chi connectivity index (χ0n) is 15.1. The predicted molar refractivity (Wildman–Crippen MR) is 111 cm³/mol. The zero-order chi connectivity index (χ0) is 21.1. The van der Waals surface area contributed by atoms with E-state index in [1.807, 2.05) is 0 Å². The number of hydrogen-bond acceptors (Lipinski definition) is 4. The van der Waals surface area contributed by atoms with Crippen LogP contribution in [0.4, 0.5) is 0 Å². The first kappa shape index (κ1) is 21.1. The summed E-state index contributed by atoms with van der Waals surface area (Å²) in [5, 5.41) is 20.2. The molecule has 0 aliphatic carbocycles. The van der Waals surface area contributed by atoms with Gasteiger partial charge >= 0.3 is 5.97 Å². The van der Waals surface area contributed by atoms with Crippen LogP contribution in [0, 0.1) is 0 Å². The fraction of sp³-hybridized carbons (Fsp3) is 0.190. The standard InChI is InChI=1S/C21H17BrClNO5/c22-14-7-3-13(4-8-14)19(27)17-18(12-5-9-15(23)10-6-12)24(21(29)20(17)28)11-1-2-16(25)26/h3-10,18,27H,1-2,11H2,(H,25,26)/b19-17-. The topological polar surface area (TPSA) is 94.9 Å². The molecule has 0 saturated carbocycles. The molecule has 1 aliphatic heterocycles. The van der Waals surface area contributed by atoms with Crippen LogP contribution >= 0.6 is 27.5 Å². The second-order valence-corrected chi connectivity index (χ2v) is 7.90. The molecule has 0 radical (unpaired) electrons. The molecule has 0 spiro atoms. The summed E-state index contributed by atoms with van der Waals surface area (Å²) in [5.74, 6) is -2.84. The number of aliphatic hydroxyl groups excluding tert-OH is 1. The predicted octanol–water partition coefficient (Wildman–Crippen LogP) is 4.39. The number of ketones is 1. The molecule has 8 heteroatoms. The third-order valence-electron chi connectivity index (χ3n) is 4.63. The molecule has 1 saturated heterocycles. The molecule has 2 N–H and O–H groups in total. The number of carboxylic acid groups (broad SMARTS) is 1. The SMILES string of the molecule is O=C(O)CCCN1C(=O)C(=O)/C(=C(\O)c2ccc(Br)cc2)C1c1ccc(Cl)cc1. The van der Waals surface area contributed by atoms with Gasteiger partial charge in [-0.25, -0.2) is 0 Å². The second kappa shape index (κ2) is 8.80. The average Bonchev–Trinajstić information content (AvgIpc) is 2.93. The minimum Gasteiger partial charge on any atom is -0.507 e. The maximum absolute atomic E-state index is 12.8. The first-order valence-electron chi connectivity index (χ1n) is 8.81. The van der Waals surface area contributed by atoms with Gasteiger partial charge in [0.05, 0.1) is 11.6 Å². The number of hydrogen-bond donors (Lipinski definition) is 2. The van der Waals surface area contributed by atoms with Gasteiger partial charge in [0.1, 0.15) is 5.76 Å². The Bertz CT molecular complexity index is 985. The highest BCUT2D eigenvalue weighted by atomic mass is 79.9. The summed E-state index contributed by atoms with van der Waals surface area (Å²) >= 11 is 9.28. The number of Topliss-reactive ketones (excluding diaryl/α,β-unsaturated/α-hetero) is 1. The highest BCUT2D eigenvalue weighted by Crippen LogP contribution is 2.39. The molecule has 1 fully saturated rings. The van der Waals surface area contributed by atoms with E-state index in [1.54, 1.807) is 48.5 Å². The third kappa shape index (κ3) is 4.52. The number of halogens is 2. The van der Waals surface area contributed by atoms with Crippen LogP contribution in [0.1, 0.15) is 30.0 Å². The lowest BCUT2D eigenvalue weighted by molar-refractivity contribution is -0.140. The van der Waals surface area contributed by atoms with Gasteiger partial charge < -0.3 is 15.1 Å². The van der Waals surface area contributed by atoms with E-state index in [-0.39, 0.29) is 30.7 Å². The van der Waals surface area contributed by atoms with E-state index in [0.29, 0.717) is 16.1 Å². The Morgan fingerprint density at radius 1 is 1.03 bits per heavy atom. The van der Waals surface area contributed by atoms with Crippen LogP contribution in [-0.4, -0.2) is 39.3 Å². The van der Waals surface area contributed by atoms with Crippen LogP contribution in [0.15, 0.2) is 58.6 Å². The molecule has 1 unspecified atom stereocenters. The highest BCUT2D eigenvalue weighted by Gasteiger charge is 2.45. The number of carbonyl (C=O) groups is 3. The molecule has 0 aromatic heterocycles. The number of nitrogens with zero attached hydrogens (tertiary/aromatic N) is 1. The summed E-state index contributed by atoms with van der Waals surface area (Å²) in [6, 6.07) is 12.5. The summed E-state index contributed by atoms with van der Waals surface area (Å²) in [4.78, 5) is 37.6. The Kier molecular flexibility index (Phi) is 6.39. The van der Waals surface area contributed by atoms with Crippen molar-refractivity contribution in [1.29, 1.82) is 0 Å². The lowest BCUT2D eigenvalue weighted by Crippen LogP contribution is -2.31. The number of rotatable bonds is 6. The van der Waals surface area contributed by atoms with Crippen molar-refractivity contribution in [3.63, 3.8) is 0 Å². The summed E-state index contributed by atoms with van der Waals surface area (Å²) in [5.41, 5.74) is 0.966. The van der Waals surface area contributed by atoms with E-state index in [9.17, 15) is 19.5 Å². The molecule has 2 aromatic carbocycles. The van der Waals surface area contributed by atoms with E-state index in [0.717, 1.165) is 4.47 Å². The average molecular weight is 479 g/mol. The first-order chi connectivity index (χ1) is 13.8. The number of aliphatic hydroxyl groups is 1. The van der Waals surface area contributed by atoms with E-state index >= 15 is 0 Å². The van der Waals surface area contributed by atoms with Crippen LogP contribution in [0.3, 0.4) is 0 Å². The normalized spacial score (nSPS) is 18.3. The Morgan fingerprint density at radius 3 is 2.24 bits per heavy atom. The molecule has 3 rings (SSSR count). The van der Waals surface area contributed by atoms with Gasteiger partial charge in [0, 0.05) is 28.0 Å². The minimum atomic E-state index is -0.987. The summed E-state index contributed by atoms with van der Waals surface area (Å²) in [6.45, 7) is 0.0707. The molecule has 1 heterocycles. The Labute approximate surface area is 180 Å². The lowest BCUT2D eigenvalue weighted by atomic mass is 9.95. The van der Waals surface area contributed by atoms with Gasteiger partial charge in [-0.2, -0.15) is 0 Å². The molecular formula is C21H17BrClNO5. The highest BCUT2D eigenvalue weighted by molar-refractivity contribution is 9.10. The molecular weight excluding hydrogens is 462 g/mol. The Morgan fingerprint density at radius 2 is 1.66 bits per heavy atom. The van der Waals surface area contributed by atoms with Crippen LogP contribution in [0.25, 0.3) is 5.76 Å². The molecule has 150 valence electrons. The number of carboxylic acids is 1. The third-order valence-corrected chi connectivity index (χ3v) is 5.41. The van der Waals surface area contributed by atoms with Gasteiger partial charge in [0.2, 0.25) is 0 Å². The lowest BCUT2D eigenvalue weighted by Gasteiger charge is -2.25. The summed E-state index contributed by atoms with van der Waals surface area (Å²) < 4.78 is 0.803. The maximum atomic E-state index is 12.8. The molecule has 2 aromatic rings. The summed E-state index contributed by atoms with van der Waals surface area (Å²) in [7, 11) is 0. The van der Waals surface area contributed by atoms with Crippen molar-refractivity contribution >= 4 is 50.9 Å². The largest absolute Gasteiger partial charge is 0.507 e. The Hall–Kier alpha value is -2.64. The molecule has 1 aliphatic rings. The van der Waals surface area contributed by atoms with E-state index in [1.165, 1.54) is 4.90 Å². The molecule has 1 amide bonds. The van der Waals surface area contributed by atoms with Gasteiger partial charge in [-0.3, -0.25) is 14.4 Å². The van der Waals surface area contributed by atoms with Crippen molar-refractivity contribution < 1.29 is 24.6 Å². The Balaban J connectivity index is 2.08. The number of likely N-dealkylation sites (tertiary alicyclic amines) is 1. The molecule has 6 nitrogen and oxygen atoms in total. The molecule has 1 atom stereocenters. The maximum Gasteiger partial charge on any atom is 0.303 e. The van der Waals surface area contributed by atoms with Crippen molar-refractivity contribution in [3.8, 4) is 0 Å². The number of aliphatic carboxylic acids is 1. The van der Waals surface area contributed by atoms with Gasteiger partial charge in [-0.15, -0.1) is 0 Å². The van der Waals surface area contributed by atoms with Crippen LogP contribution in [0.2, 0.25) is 5.02 Å². The zero-order valence-corrected chi connectivity index (χ0v) is 17.5. The van der Waals surface area contributed by atoms with Gasteiger partial charge in [-0.1, -0.05) is 51.8 Å².